The van der Waals surface area contributed by atoms with Crippen molar-refractivity contribution < 1.29 is 4.74 Å². The van der Waals surface area contributed by atoms with Crippen LogP contribution >= 0.6 is 0 Å². The minimum atomic E-state index is 0.548. The molecule has 1 atom stereocenters. The molecule has 1 aromatic carbocycles. The molecule has 1 aromatic rings. The zero-order valence-corrected chi connectivity index (χ0v) is 9.92. The first-order valence-electron chi connectivity index (χ1n) is 5.71. The molecule has 0 aliphatic carbocycles. The fraction of sp³-hybridized carbons (Fsp3) is 0.538. The van der Waals surface area contributed by atoms with E-state index in [1.807, 2.05) is 18.2 Å². The molecule has 0 aliphatic rings. The number of benzene rings is 1. The van der Waals surface area contributed by atoms with Gasteiger partial charge >= 0.3 is 0 Å². The molecule has 1 rings (SSSR count). The molecule has 0 amide bonds. The molecular formula is C13H21NO. The van der Waals surface area contributed by atoms with Gasteiger partial charge in [0.05, 0.1) is 12.8 Å². The molecule has 1 unspecified atom stereocenters. The normalized spacial score (nSPS) is 12.2. The average Bonchev–Trinajstić information content (AvgIpc) is 2.29. The van der Waals surface area contributed by atoms with Crippen LogP contribution < -0.4 is 10.1 Å². The Morgan fingerprint density at radius 1 is 1.27 bits per heavy atom. The molecular weight excluding hydrogens is 186 g/mol. The zero-order chi connectivity index (χ0) is 11.1. The summed E-state index contributed by atoms with van der Waals surface area (Å²) in [5, 5.41) is 3.52. The molecule has 0 spiro atoms. The Balaban J connectivity index is 2.69. The quantitative estimate of drug-likeness (QED) is 0.768. The molecule has 0 aromatic heterocycles. The Morgan fingerprint density at radius 3 is 2.60 bits per heavy atom. The largest absolute Gasteiger partial charge is 0.495 e. The molecule has 0 radical (unpaired) electrons. The van der Waals surface area contributed by atoms with Crippen molar-refractivity contribution in [2.45, 2.75) is 39.2 Å². The molecule has 84 valence electrons. The second-order valence-electron chi connectivity index (χ2n) is 3.74. The molecule has 2 nitrogen and oxygen atoms in total. The van der Waals surface area contributed by atoms with Gasteiger partial charge in [-0.25, -0.2) is 0 Å². The lowest BCUT2D eigenvalue weighted by Gasteiger charge is -2.19. The van der Waals surface area contributed by atoms with Crippen LogP contribution in [0.1, 0.15) is 33.1 Å². The smallest absolute Gasteiger partial charge is 0.141 e. The third kappa shape index (κ3) is 3.46. The van der Waals surface area contributed by atoms with Gasteiger partial charge in [-0.2, -0.15) is 0 Å². The first-order valence-corrected chi connectivity index (χ1v) is 5.71. The van der Waals surface area contributed by atoms with Gasteiger partial charge in [-0.15, -0.1) is 0 Å². The van der Waals surface area contributed by atoms with Gasteiger partial charge in [0.15, 0.2) is 0 Å². The Morgan fingerprint density at radius 2 is 2.00 bits per heavy atom. The maximum absolute atomic E-state index is 5.31. The standard InChI is InChI=1S/C13H21NO/c1-4-8-11(5-2)14-12-9-6-7-10-13(12)15-3/h6-7,9-11,14H,4-5,8H2,1-3H3. The van der Waals surface area contributed by atoms with Crippen LogP contribution in [0.5, 0.6) is 5.75 Å². The SMILES string of the molecule is CCCC(CC)Nc1ccccc1OC. The molecule has 0 heterocycles. The van der Waals surface area contributed by atoms with Gasteiger partial charge in [0.1, 0.15) is 5.75 Å². The molecule has 0 bridgehead atoms. The van der Waals surface area contributed by atoms with Crippen LogP contribution in [0.4, 0.5) is 5.69 Å². The van der Waals surface area contributed by atoms with Crippen molar-refractivity contribution in [2.75, 3.05) is 12.4 Å². The van der Waals surface area contributed by atoms with Crippen LogP contribution in [0.2, 0.25) is 0 Å². The molecule has 0 saturated heterocycles. The van der Waals surface area contributed by atoms with E-state index in [0.29, 0.717) is 6.04 Å². The van der Waals surface area contributed by atoms with E-state index < -0.39 is 0 Å². The van der Waals surface area contributed by atoms with Crippen LogP contribution in [0.3, 0.4) is 0 Å². The van der Waals surface area contributed by atoms with Crippen LogP contribution in [-0.2, 0) is 0 Å². The predicted octanol–water partition coefficient (Wildman–Crippen LogP) is 3.69. The van der Waals surface area contributed by atoms with E-state index in [1.165, 1.54) is 12.8 Å². The highest BCUT2D eigenvalue weighted by Crippen LogP contribution is 2.24. The van der Waals surface area contributed by atoms with E-state index in [-0.39, 0.29) is 0 Å². The lowest BCUT2D eigenvalue weighted by atomic mass is 10.1. The van der Waals surface area contributed by atoms with Crippen LogP contribution in [-0.4, -0.2) is 13.2 Å². The van der Waals surface area contributed by atoms with E-state index in [0.717, 1.165) is 17.9 Å². The van der Waals surface area contributed by atoms with Gasteiger partial charge in [-0.1, -0.05) is 32.4 Å². The lowest BCUT2D eigenvalue weighted by molar-refractivity contribution is 0.415. The van der Waals surface area contributed by atoms with E-state index in [4.69, 9.17) is 4.74 Å². The number of hydrogen-bond donors (Lipinski definition) is 1. The van der Waals surface area contributed by atoms with E-state index >= 15 is 0 Å². The highest BCUT2D eigenvalue weighted by molar-refractivity contribution is 5.56. The third-order valence-electron chi connectivity index (χ3n) is 2.60. The fourth-order valence-electron chi connectivity index (χ4n) is 1.71. The molecule has 1 N–H and O–H groups in total. The minimum Gasteiger partial charge on any atom is -0.495 e. The van der Waals surface area contributed by atoms with E-state index in [1.54, 1.807) is 7.11 Å². The minimum absolute atomic E-state index is 0.548. The summed E-state index contributed by atoms with van der Waals surface area (Å²) in [6, 6.07) is 8.62. The second kappa shape index (κ2) is 6.33. The summed E-state index contributed by atoms with van der Waals surface area (Å²) in [5.74, 6) is 0.923. The molecule has 0 saturated carbocycles. The highest BCUT2D eigenvalue weighted by Gasteiger charge is 2.07. The maximum atomic E-state index is 5.31. The molecule has 0 fully saturated rings. The number of para-hydroxylation sites is 2. The number of ether oxygens (including phenoxy) is 1. The van der Waals surface area contributed by atoms with Crippen LogP contribution in [0, 0.1) is 0 Å². The van der Waals surface area contributed by atoms with E-state index in [2.05, 4.69) is 25.2 Å². The summed E-state index contributed by atoms with van der Waals surface area (Å²) in [4.78, 5) is 0. The Bertz CT molecular complexity index is 286. The van der Waals surface area contributed by atoms with Gasteiger partial charge < -0.3 is 10.1 Å². The molecule has 0 aliphatic heterocycles. The Kier molecular flexibility index (Phi) is 5.02. The van der Waals surface area contributed by atoms with Crippen molar-refractivity contribution >= 4 is 5.69 Å². The number of anilines is 1. The van der Waals surface area contributed by atoms with Gasteiger partial charge in [-0.3, -0.25) is 0 Å². The van der Waals surface area contributed by atoms with Crippen LogP contribution in [0.15, 0.2) is 24.3 Å². The fourth-order valence-corrected chi connectivity index (χ4v) is 1.71. The summed E-state index contributed by atoms with van der Waals surface area (Å²) in [6.45, 7) is 4.43. The topological polar surface area (TPSA) is 21.3 Å². The van der Waals surface area contributed by atoms with E-state index in [9.17, 15) is 0 Å². The van der Waals surface area contributed by atoms with Gasteiger partial charge in [0, 0.05) is 6.04 Å². The number of hydrogen-bond acceptors (Lipinski definition) is 2. The summed E-state index contributed by atoms with van der Waals surface area (Å²) >= 11 is 0. The Labute approximate surface area is 92.6 Å². The lowest BCUT2D eigenvalue weighted by Crippen LogP contribution is -2.18. The van der Waals surface area contributed by atoms with Gasteiger partial charge in [0.25, 0.3) is 0 Å². The molecule has 2 heteroatoms. The van der Waals surface area contributed by atoms with Gasteiger partial charge in [-0.05, 0) is 25.0 Å². The summed E-state index contributed by atoms with van der Waals surface area (Å²) < 4.78 is 5.31. The number of nitrogens with one attached hydrogen (secondary N) is 1. The summed E-state index contributed by atoms with van der Waals surface area (Å²) in [7, 11) is 1.71. The summed E-state index contributed by atoms with van der Waals surface area (Å²) in [5.41, 5.74) is 1.10. The third-order valence-corrected chi connectivity index (χ3v) is 2.60. The monoisotopic (exact) mass is 207 g/mol. The molecule has 15 heavy (non-hydrogen) atoms. The second-order valence-corrected chi connectivity index (χ2v) is 3.74. The average molecular weight is 207 g/mol. The Hall–Kier alpha value is -1.18. The number of methoxy groups -OCH3 is 1. The van der Waals surface area contributed by atoms with Gasteiger partial charge in [0.2, 0.25) is 0 Å². The highest BCUT2D eigenvalue weighted by atomic mass is 16.5. The first kappa shape index (κ1) is 11.9. The van der Waals surface area contributed by atoms with Crippen molar-refractivity contribution in [1.82, 2.24) is 0 Å². The van der Waals surface area contributed by atoms with Crippen LogP contribution in [0.25, 0.3) is 0 Å². The maximum Gasteiger partial charge on any atom is 0.141 e. The number of rotatable bonds is 6. The van der Waals surface area contributed by atoms with Crippen molar-refractivity contribution in [3.05, 3.63) is 24.3 Å². The first-order chi connectivity index (χ1) is 7.31. The zero-order valence-electron chi connectivity index (χ0n) is 9.92. The van der Waals surface area contributed by atoms with Crippen molar-refractivity contribution in [1.29, 1.82) is 0 Å². The summed E-state index contributed by atoms with van der Waals surface area (Å²) in [6.07, 6.45) is 3.56. The van der Waals surface area contributed by atoms with Crippen molar-refractivity contribution in [3.8, 4) is 5.75 Å². The van der Waals surface area contributed by atoms with Crippen molar-refractivity contribution in [3.63, 3.8) is 0 Å². The predicted molar refractivity (Wildman–Crippen MR) is 65.6 cm³/mol. The van der Waals surface area contributed by atoms with Crippen molar-refractivity contribution in [2.24, 2.45) is 0 Å².